The van der Waals surface area contributed by atoms with Crippen LogP contribution in [0.25, 0.3) is 5.65 Å². The molecule has 0 radical (unpaired) electrons. The molecular formula is C13H12FN5. The van der Waals surface area contributed by atoms with E-state index >= 15 is 0 Å². The van der Waals surface area contributed by atoms with Gasteiger partial charge >= 0.3 is 0 Å². The molecule has 3 aromatic rings. The molecule has 3 N–H and O–H groups in total. The van der Waals surface area contributed by atoms with E-state index in [0.29, 0.717) is 17.3 Å². The van der Waals surface area contributed by atoms with Crippen LogP contribution < -0.4 is 11.1 Å². The van der Waals surface area contributed by atoms with E-state index in [2.05, 4.69) is 15.3 Å². The molecule has 0 saturated heterocycles. The lowest BCUT2D eigenvalue weighted by molar-refractivity contribution is 0.627. The number of nitrogens with one attached hydrogen (secondary N) is 1. The summed E-state index contributed by atoms with van der Waals surface area (Å²) in [4.78, 5) is 8.43. The maximum Gasteiger partial charge on any atom is 0.180 e. The summed E-state index contributed by atoms with van der Waals surface area (Å²) in [7, 11) is 0. The Balaban J connectivity index is 2.07. The quantitative estimate of drug-likeness (QED) is 0.740. The number of hydrogen-bond donors (Lipinski definition) is 2. The lowest BCUT2D eigenvalue weighted by Crippen LogP contribution is -2.03. The van der Waals surface area contributed by atoms with E-state index in [1.54, 1.807) is 29.1 Å². The zero-order valence-corrected chi connectivity index (χ0v) is 10.3. The average Bonchev–Trinajstić information content (AvgIpc) is 2.80. The Morgan fingerprint density at radius 2 is 2.21 bits per heavy atom. The lowest BCUT2D eigenvalue weighted by atomic mass is 10.2. The Bertz CT molecular complexity index is 750. The molecule has 0 bridgehead atoms. The smallest absolute Gasteiger partial charge is 0.180 e. The van der Waals surface area contributed by atoms with E-state index in [9.17, 15) is 4.39 Å². The van der Waals surface area contributed by atoms with Gasteiger partial charge in [0.2, 0.25) is 0 Å². The SMILES string of the molecule is Cc1cc(F)ccc1Nc1nc(N)cn2ccnc12. The topological polar surface area (TPSA) is 68.2 Å². The second kappa shape index (κ2) is 4.24. The molecule has 1 aromatic carbocycles. The van der Waals surface area contributed by atoms with Gasteiger partial charge in [-0.2, -0.15) is 0 Å². The molecule has 0 fully saturated rings. The first-order valence-corrected chi connectivity index (χ1v) is 5.76. The summed E-state index contributed by atoms with van der Waals surface area (Å²) in [6, 6.07) is 4.51. The van der Waals surface area contributed by atoms with Gasteiger partial charge in [-0.15, -0.1) is 0 Å². The third-order valence-corrected chi connectivity index (χ3v) is 2.83. The predicted molar refractivity (Wildman–Crippen MR) is 71.8 cm³/mol. The number of aromatic nitrogens is 3. The summed E-state index contributed by atoms with van der Waals surface area (Å²) in [5, 5.41) is 3.13. The normalized spacial score (nSPS) is 10.8. The van der Waals surface area contributed by atoms with Crippen molar-refractivity contribution in [1.29, 1.82) is 0 Å². The number of nitrogens with two attached hydrogens (primary N) is 1. The highest BCUT2D eigenvalue weighted by Crippen LogP contribution is 2.23. The minimum Gasteiger partial charge on any atom is -0.382 e. The molecule has 3 rings (SSSR count). The highest BCUT2D eigenvalue weighted by atomic mass is 19.1. The number of benzene rings is 1. The van der Waals surface area contributed by atoms with Crippen LogP contribution in [0, 0.1) is 12.7 Å². The zero-order chi connectivity index (χ0) is 13.4. The van der Waals surface area contributed by atoms with Crippen LogP contribution in [0.1, 0.15) is 5.56 Å². The molecule has 0 unspecified atom stereocenters. The molecular weight excluding hydrogens is 245 g/mol. The van der Waals surface area contributed by atoms with Crippen LogP contribution in [0.5, 0.6) is 0 Å². The number of halogens is 1. The summed E-state index contributed by atoms with van der Waals surface area (Å²) in [6.07, 6.45) is 5.14. The van der Waals surface area contributed by atoms with Crippen molar-refractivity contribution in [2.45, 2.75) is 6.92 Å². The molecule has 0 saturated carbocycles. The number of nitrogen functional groups attached to an aromatic ring is 1. The number of imidazole rings is 1. The Morgan fingerprint density at radius 1 is 1.37 bits per heavy atom. The van der Waals surface area contributed by atoms with Crippen LogP contribution in [0.2, 0.25) is 0 Å². The first-order chi connectivity index (χ1) is 9.13. The largest absolute Gasteiger partial charge is 0.382 e. The molecule has 96 valence electrons. The standard InChI is InChI=1S/C13H12FN5/c1-8-6-9(14)2-3-10(8)17-12-13-16-4-5-19(13)7-11(15)18-12/h2-7H,15H2,1H3,(H,17,18). The van der Waals surface area contributed by atoms with Crippen molar-refractivity contribution in [2.75, 3.05) is 11.1 Å². The molecule has 19 heavy (non-hydrogen) atoms. The zero-order valence-electron chi connectivity index (χ0n) is 10.3. The molecule has 2 aromatic heterocycles. The van der Waals surface area contributed by atoms with Crippen LogP contribution in [0.15, 0.2) is 36.8 Å². The van der Waals surface area contributed by atoms with Crippen molar-refractivity contribution in [3.8, 4) is 0 Å². The molecule has 0 aliphatic heterocycles. The minimum atomic E-state index is -0.269. The maximum atomic E-state index is 13.1. The van der Waals surface area contributed by atoms with E-state index < -0.39 is 0 Å². The number of fused-ring (bicyclic) bond motifs is 1. The van der Waals surface area contributed by atoms with Crippen LogP contribution in [-0.2, 0) is 0 Å². The number of aryl methyl sites for hydroxylation is 1. The van der Waals surface area contributed by atoms with Gasteiger partial charge in [-0.05, 0) is 30.7 Å². The molecule has 0 spiro atoms. The van der Waals surface area contributed by atoms with E-state index in [-0.39, 0.29) is 5.82 Å². The lowest BCUT2D eigenvalue weighted by Gasteiger charge is -2.10. The van der Waals surface area contributed by atoms with Crippen LogP contribution in [0.3, 0.4) is 0 Å². The van der Waals surface area contributed by atoms with Crippen LogP contribution >= 0.6 is 0 Å². The molecule has 0 aliphatic rings. The number of nitrogens with zero attached hydrogens (tertiary/aromatic N) is 3. The second-order valence-corrected chi connectivity index (χ2v) is 4.26. The van der Waals surface area contributed by atoms with Gasteiger partial charge in [0.15, 0.2) is 11.5 Å². The summed E-state index contributed by atoms with van der Waals surface area (Å²) in [5.74, 6) is 0.655. The number of anilines is 3. The van der Waals surface area contributed by atoms with E-state index in [0.717, 1.165) is 11.3 Å². The molecule has 0 aliphatic carbocycles. The van der Waals surface area contributed by atoms with Gasteiger partial charge in [0.05, 0.1) is 6.20 Å². The first kappa shape index (κ1) is 11.5. The highest BCUT2D eigenvalue weighted by Gasteiger charge is 2.08. The first-order valence-electron chi connectivity index (χ1n) is 5.76. The fourth-order valence-corrected chi connectivity index (χ4v) is 1.93. The maximum absolute atomic E-state index is 13.1. The summed E-state index contributed by atoms with van der Waals surface area (Å²) in [5.41, 5.74) is 7.96. The Labute approximate surface area is 108 Å². The average molecular weight is 257 g/mol. The number of hydrogen-bond acceptors (Lipinski definition) is 4. The minimum absolute atomic E-state index is 0.269. The van der Waals surface area contributed by atoms with Crippen molar-refractivity contribution in [1.82, 2.24) is 14.4 Å². The second-order valence-electron chi connectivity index (χ2n) is 4.26. The monoisotopic (exact) mass is 257 g/mol. The predicted octanol–water partition coefficient (Wildman–Crippen LogP) is 2.50. The van der Waals surface area contributed by atoms with Gasteiger partial charge in [0, 0.05) is 18.1 Å². The van der Waals surface area contributed by atoms with Crippen molar-refractivity contribution in [3.05, 3.63) is 48.2 Å². The van der Waals surface area contributed by atoms with Gasteiger partial charge in [-0.25, -0.2) is 14.4 Å². The molecule has 5 nitrogen and oxygen atoms in total. The molecule has 0 atom stereocenters. The molecule has 2 heterocycles. The van der Waals surface area contributed by atoms with E-state index in [1.165, 1.54) is 12.1 Å². The van der Waals surface area contributed by atoms with Gasteiger partial charge in [0.1, 0.15) is 11.6 Å². The summed E-state index contributed by atoms with van der Waals surface area (Å²) < 4.78 is 14.9. The fourth-order valence-electron chi connectivity index (χ4n) is 1.93. The third-order valence-electron chi connectivity index (χ3n) is 2.83. The van der Waals surface area contributed by atoms with Crippen molar-refractivity contribution < 1.29 is 4.39 Å². The van der Waals surface area contributed by atoms with E-state index in [1.807, 2.05) is 6.92 Å². The van der Waals surface area contributed by atoms with Gasteiger partial charge in [-0.1, -0.05) is 0 Å². The van der Waals surface area contributed by atoms with Gasteiger partial charge in [0.25, 0.3) is 0 Å². The Morgan fingerprint density at radius 3 is 3.00 bits per heavy atom. The summed E-state index contributed by atoms with van der Waals surface area (Å²) in [6.45, 7) is 1.82. The van der Waals surface area contributed by atoms with Gasteiger partial charge in [-0.3, -0.25) is 0 Å². The van der Waals surface area contributed by atoms with Crippen molar-refractivity contribution in [2.24, 2.45) is 0 Å². The fraction of sp³-hybridized carbons (Fsp3) is 0.0769. The van der Waals surface area contributed by atoms with E-state index in [4.69, 9.17) is 5.73 Å². The molecule has 0 amide bonds. The summed E-state index contributed by atoms with van der Waals surface area (Å²) >= 11 is 0. The molecule has 6 heteroatoms. The van der Waals surface area contributed by atoms with Gasteiger partial charge < -0.3 is 15.5 Å². The Hall–Kier alpha value is -2.63. The van der Waals surface area contributed by atoms with Crippen LogP contribution in [-0.4, -0.2) is 14.4 Å². The third kappa shape index (κ3) is 2.08. The van der Waals surface area contributed by atoms with Crippen LogP contribution in [0.4, 0.5) is 21.7 Å². The van der Waals surface area contributed by atoms with Crippen molar-refractivity contribution in [3.63, 3.8) is 0 Å². The highest BCUT2D eigenvalue weighted by molar-refractivity contribution is 5.72. The van der Waals surface area contributed by atoms with Crippen molar-refractivity contribution >= 4 is 23.0 Å². The number of rotatable bonds is 2. The Kier molecular flexibility index (Phi) is 2.56.